The van der Waals surface area contributed by atoms with Crippen molar-refractivity contribution in [2.24, 2.45) is 5.92 Å². The Kier molecular flexibility index (Phi) is 9.21. The number of nitrogens with one attached hydrogen (secondary N) is 2. The van der Waals surface area contributed by atoms with E-state index in [-0.39, 0.29) is 0 Å². The standard InChI is InChI=1S/C19H26N4O.C7H9NS/c1-2-6-15(7-3-1)14-20-19-21-17-9-5-4-8-16(17)18(22-19)23-10-12-24-13-11-23;1-8-9-7-5-3-2-4-6-7/h4-5,8-9,15H,1-3,6-7,10-14H2,(H,20,21,22);2-6,8H,1H3. The van der Waals surface area contributed by atoms with Gasteiger partial charge in [-0.25, -0.2) is 4.98 Å². The summed E-state index contributed by atoms with van der Waals surface area (Å²) in [7, 11) is 1.91. The summed E-state index contributed by atoms with van der Waals surface area (Å²) in [5.74, 6) is 2.57. The molecule has 3 aromatic rings. The van der Waals surface area contributed by atoms with Crippen LogP contribution in [0.2, 0.25) is 0 Å². The Balaban J connectivity index is 0.000000243. The minimum absolute atomic E-state index is 0.764. The average Bonchev–Trinajstić information content (AvgIpc) is 2.89. The minimum atomic E-state index is 0.764. The third kappa shape index (κ3) is 7.06. The molecule has 1 aliphatic carbocycles. The largest absolute Gasteiger partial charge is 0.378 e. The highest BCUT2D eigenvalue weighted by molar-refractivity contribution is 7.97. The molecule has 1 aliphatic heterocycles. The molecule has 0 atom stereocenters. The smallest absolute Gasteiger partial charge is 0.225 e. The summed E-state index contributed by atoms with van der Waals surface area (Å²) in [6.07, 6.45) is 6.78. The summed E-state index contributed by atoms with van der Waals surface area (Å²) in [4.78, 5) is 13.2. The number of fused-ring (bicyclic) bond motifs is 1. The second-order valence-corrected chi connectivity index (χ2v) is 9.58. The molecule has 0 unspecified atom stereocenters. The number of nitrogens with zero attached hydrogens (tertiary/aromatic N) is 3. The van der Waals surface area contributed by atoms with Gasteiger partial charge in [0.25, 0.3) is 0 Å². The Morgan fingerprint density at radius 2 is 1.67 bits per heavy atom. The number of rotatable bonds is 6. The van der Waals surface area contributed by atoms with Gasteiger partial charge in [-0.05, 0) is 62.0 Å². The van der Waals surface area contributed by atoms with Crippen molar-refractivity contribution in [3.63, 3.8) is 0 Å². The van der Waals surface area contributed by atoms with Crippen molar-refractivity contribution in [3.05, 3.63) is 54.6 Å². The van der Waals surface area contributed by atoms with E-state index in [0.29, 0.717) is 0 Å². The number of aromatic nitrogens is 2. The molecule has 2 heterocycles. The first kappa shape index (κ1) is 23.8. The molecule has 5 rings (SSSR count). The van der Waals surface area contributed by atoms with Crippen molar-refractivity contribution < 1.29 is 4.74 Å². The molecule has 2 aromatic carbocycles. The van der Waals surface area contributed by atoms with Gasteiger partial charge in [-0.3, -0.25) is 4.72 Å². The van der Waals surface area contributed by atoms with Gasteiger partial charge in [-0.2, -0.15) is 4.98 Å². The minimum Gasteiger partial charge on any atom is -0.378 e. The summed E-state index contributed by atoms with van der Waals surface area (Å²) >= 11 is 1.63. The van der Waals surface area contributed by atoms with Crippen LogP contribution >= 0.6 is 11.9 Å². The molecule has 33 heavy (non-hydrogen) atoms. The lowest BCUT2D eigenvalue weighted by atomic mass is 9.89. The van der Waals surface area contributed by atoms with Gasteiger partial charge in [0.15, 0.2) is 0 Å². The SMILES string of the molecule is CNSc1ccccc1.c1ccc2c(N3CCOCC3)nc(NCC3CCCCC3)nc2c1. The number of benzene rings is 2. The Labute approximate surface area is 201 Å². The second kappa shape index (κ2) is 12.8. The molecule has 2 N–H and O–H groups in total. The van der Waals surface area contributed by atoms with Gasteiger partial charge in [0.1, 0.15) is 5.82 Å². The number of anilines is 2. The molecule has 2 fully saturated rings. The van der Waals surface area contributed by atoms with Crippen LogP contribution in [-0.4, -0.2) is 49.9 Å². The van der Waals surface area contributed by atoms with E-state index in [0.717, 1.165) is 61.4 Å². The molecule has 0 amide bonds. The zero-order chi connectivity index (χ0) is 22.7. The first-order valence-electron chi connectivity index (χ1n) is 12.1. The highest BCUT2D eigenvalue weighted by Gasteiger charge is 2.18. The van der Waals surface area contributed by atoms with Gasteiger partial charge in [0.2, 0.25) is 5.95 Å². The summed E-state index contributed by atoms with van der Waals surface area (Å²) in [5, 5.41) is 4.63. The quantitative estimate of drug-likeness (QED) is 0.474. The van der Waals surface area contributed by atoms with Gasteiger partial charge in [-0.15, -0.1) is 0 Å². The van der Waals surface area contributed by atoms with Crippen LogP contribution in [0.4, 0.5) is 11.8 Å². The fourth-order valence-electron chi connectivity index (χ4n) is 4.39. The third-order valence-corrected chi connectivity index (χ3v) is 6.84. The number of hydrogen-bond acceptors (Lipinski definition) is 7. The summed E-state index contributed by atoms with van der Waals surface area (Å²) in [6.45, 7) is 4.30. The molecule has 6 nitrogen and oxygen atoms in total. The molecule has 2 aliphatic rings. The Morgan fingerprint density at radius 3 is 2.42 bits per heavy atom. The van der Waals surface area contributed by atoms with E-state index in [1.54, 1.807) is 11.9 Å². The van der Waals surface area contributed by atoms with E-state index >= 15 is 0 Å². The van der Waals surface area contributed by atoms with E-state index < -0.39 is 0 Å². The van der Waals surface area contributed by atoms with Crippen LogP contribution < -0.4 is 14.9 Å². The van der Waals surface area contributed by atoms with Gasteiger partial charge >= 0.3 is 0 Å². The first-order chi connectivity index (χ1) is 16.3. The zero-order valence-corrected chi connectivity index (χ0v) is 20.3. The lowest BCUT2D eigenvalue weighted by Gasteiger charge is -2.29. The molecular weight excluding hydrogens is 430 g/mol. The lowest BCUT2D eigenvalue weighted by molar-refractivity contribution is 0.122. The maximum Gasteiger partial charge on any atom is 0.225 e. The fraction of sp³-hybridized carbons (Fsp3) is 0.462. The predicted molar refractivity (Wildman–Crippen MR) is 139 cm³/mol. The molecular formula is C26H35N5OS. The van der Waals surface area contributed by atoms with E-state index in [2.05, 4.69) is 45.3 Å². The molecule has 1 saturated carbocycles. The summed E-state index contributed by atoms with van der Waals surface area (Å²) in [5.41, 5.74) is 1.01. The highest BCUT2D eigenvalue weighted by Crippen LogP contribution is 2.27. The van der Waals surface area contributed by atoms with Crippen molar-refractivity contribution in [1.82, 2.24) is 14.7 Å². The van der Waals surface area contributed by atoms with Crippen LogP contribution in [0.25, 0.3) is 10.9 Å². The van der Waals surface area contributed by atoms with E-state index in [9.17, 15) is 0 Å². The normalized spacial score (nSPS) is 16.8. The van der Waals surface area contributed by atoms with Crippen molar-refractivity contribution in [2.45, 2.75) is 37.0 Å². The third-order valence-electron chi connectivity index (χ3n) is 6.13. The fourth-order valence-corrected chi connectivity index (χ4v) is 4.92. The number of morpholine rings is 1. The molecule has 0 spiro atoms. The second-order valence-electron chi connectivity index (χ2n) is 8.49. The van der Waals surface area contributed by atoms with Crippen molar-refractivity contribution in [2.75, 3.05) is 50.1 Å². The number of para-hydroxylation sites is 1. The molecule has 0 bridgehead atoms. The van der Waals surface area contributed by atoms with Crippen LogP contribution in [-0.2, 0) is 4.74 Å². The monoisotopic (exact) mass is 465 g/mol. The van der Waals surface area contributed by atoms with Crippen LogP contribution in [0.5, 0.6) is 0 Å². The van der Waals surface area contributed by atoms with Crippen molar-refractivity contribution in [1.29, 1.82) is 0 Å². The molecule has 1 aromatic heterocycles. The average molecular weight is 466 g/mol. The van der Waals surface area contributed by atoms with Gasteiger partial charge in [0.05, 0.1) is 18.7 Å². The lowest BCUT2D eigenvalue weighted by Crippen LogP contribution is -2.37. The maximum atomic E-state index is 5.49. The van der Waals surface area contributed by atoms with E-state index in [1.165, 1.54) is 37.0 Å². The first-order valence-corrected chi connectivity index (χ1v) is 12.9. The zero-order valence-electron chi connectivity index (χ0n) is 19.5. The number of hydrogen-bond donors (Lipinski definition) is 2. The van der Waals surface area contributed by atoms with Gasteiger partial charge in [-0.1, -0.05) is 49.6 Å². The Hall–Kier alpha value is -2.35. The van der Waals surface area contributed by atoms with Gasteiger partial charge < -0.3 is 15.0 Å². The predicted octanol–water partition coefficient (Wildman–Crippen LogP) is 5.37. The van der Waals surface area contributed by atoms with Crippen molar-refractivity contribution in [3.8, 4) is 0 Å². The maximum absolute atomic E-state index is 5.49. The summed E-state index contributed by atoms with van der Waals surface area (Å²) in [6, 6.07) is 18.5. The Bertz CT molecular complexity index is 975. The van der Waals surface area contributed by atoms with Crippen LogP contribution in [0, 0.1) is 5.92 Å². The molecule has 1 saturated heterocycles. The van der Waals surface area contributed by atoms with E-state index in [4.69, 9.17) is 14.7 Å². The molecule has 0 radical (unpaired) electrons. The van der Waals surface area contributed by atoms with Crippen LogP contribution in [0.15, 0.2) is 59.5 Å². The molecule has 176 valence electrons. The number of ether oxygens (including phenoxy) is 1. The summed E-state index contributed by atoms with van der Waals surface area (Å²) < 4.78 is 8.49. The van der Waals surface area contributed by atoms with E-state index in [1.807, 2.05) is 31.3 Å². The highest BCUT2D eigenvalue weighted by atomic mass is 32.2. The van der Waals surface area contributed by atoms with Crippen molar-refractivity contribution >= 4 is 34.6 Å². The molecule has 7 heteroatoms. The Morgan fingerprint density at radius 1 is 0.939 bits per heavy atom. The topological polar surface area (TPSA) is 62.3 Å². The van der Waals surface area contributed by atoms with Crippen LogP contribution in [0.1, 0.15) is 32.1 Å². The van der Waals surface area contributed by atoms with Gasteiger partial charge in [0, 0.05) is 29.9 Å². The van der Waals surface area contributed by atoms with Crippen LogP contribution in [0.3, 0.4) is 0 Å².